The zero-order valence-corrected chi connectivity index (χ0v) is 22.1. The van der Waals surface area contributed by atoms with Crippen molar-refractivity contribution in [2.75, 3.05) is 19.1 Å². The van der Waals surface area contributed by atoms with E-state index in [4.69, 9.17) is 9.47 Å². The highest BCUT2D eigenvalue weighted by atomic mass is 32.1. The van der Waals surface area contributed by atoms with Crippen LogP contribution in [0.15, 0.2) is 0 Å². The summed E-state index contributed by atoms with van der Waals surface area (Å²) in [4.78, 5) is 0. The van der Waals surface area contributed by atoms with Crippen molar-refractivity contribution in [2.45, 2.75) is 109 Å². The fourth-order valence-electron chi connectivity index (χ4n) is 4.93. The lowest BCUT2D eigenvalue weighted by molar-refractivity contribution is 0.0400. The Labute approximate surface area is 211 Å². The van der Waals surface area contributed by atoms with Crippen LogP contribution in [0, 0.1) is 5.92 Å². The normalized spacial score (nSPS) is 18.7. The number of rotatable bonds is 14. The van der Waals surface area contributed by atoms with Gasteiger partial charge in [-0.2, -0.15) is 0 Å². The summed E-state index contributed by atoms with van der Waals surface area (Å²) < 4.78 is 12.1. The van der Waals surface area contributed by atoms with Crippen LogP contribution in [0.4, 0.5) is 5.13 Å². The molecule has 0 spiro atoms. The van der Waals surface area contributed by atoms with E-state index in [1.807, 2.05) is 7.05 Å². The second kappa shape index (κ2) is 14.3. The van der Waals surface area contributed by atoms with Crippen LogP contribution in [0.25, 0.3) is 0 Å². The molecule has 0 amide bonds. The number of ether oxygens (including phenoxy) is 2. The maximum atomic E-state index is 6.14. The maximum absolute atomic E-state index is 6.14. The van der Waals surface area contributed by atoms with Crippen molar-refractivity contribution in [1.29, 1.82) is 0 Å². The van der Waals surface area contributed by atoms with Gasteiger partial charge in [0.2, 0.25) is 5.13 Å². The van der Waals surface area contributed by atoms with Gasteiger partial charge in [0.1, 0.15) is 16.7 Å². The van der Waals surface area contributed by atoms with Gasteiger partial charge in [0, 0.05) is 18.8 Å². The molecule has 2 N–H and O–H groups in total. The van der Waals surface area contributed by atoms with Crippen LogP contribution in [0.2, 0.25) is 0 Å². The van der Waals surface area contributed by atoms with Gasteiger partial charge in [-0.25, -0.2) is 0 Å². The third-order valence-electron chi connectivity index (χ3n) is 6.88. The topological polar surface area (TPSA) is 94.1 Å². The molecule has 8 nitrogen and oxygen atoms in total. The number of unbranched alkanes of at least 4 members (excludes halogenated alkanes) is 2. The first-order valence-electron chi connectivity index (χ1n) is 13.1. The number of nitrogens with zero attached hydrogens (tertiary/aromatic N) is 4. The monoisotopic (exact) mass is 508 g/mol. The molecule has 2 aliphatic rings. The van der Waals surface area contributed by atoms with E-state index in [0.29, 0.717) is 23.9 Å². The molecule has 0 saturated heterocycles. The van der Waals surface area contributed by atoms with Crippen LogP contribution < -0.4 is 15.4 Å². The van der Waals surface area contributed by atoms with E-state index in [0.717, 1.165) is 47.3 Å². The Morgan fingerprint density at radius 3 is 2.24 bits per heavy atom. The number of anilines is 1. The van der Waals surface area contributed by atoms with E-state index in [1.165, 1.54) is 64.2 Å². The summed E-state index contributed by atoms with van der Waals surface area (Å²) in [5.41, 5.74) is 0. The molecular formula is C24H40N6O2S2. The number of nitrogens with one attached hydrogen (secondary N) is 2. The van der Waals surface area contributed by atoms with Crippen LogP contribution in [0.3, 0.4) is 0 Å². The second-order valence-corrected chi connectivity index (χ2v) is 11.6. The molecule has 2 aliphatic carbocycles. The molecule has 2 saturated carbocycles. The summed E-state index contributed by atoms with van der Waals surface area (Å²) in [7, 11) is 1.98. The largest absolute Gasteiger partial charge is 0.450 e. The van der Waals surface area contributed by atoms with E-state index in [2.05, 4.69) is 31.0 Å². The third kappa shape index (κ3) is 8.39. The first kappa shape index (κ1) is 25.7. The van der Waals surface area contributed by atoms with Crippen molar-refractivity contribution in [3.05, 3.63) is 10.0 Å². The van der Waals surface area contributed by atoms with Gasteiger partial charge in [-0.1, -0.05) is 72.7 Å². The van der Waals surface area contributed by atoms with Gasteiger partial charge in [-0.3, -0.25) is 5.32 Å². The maximum Gasteiger partial charge on any atom is 0.295 e. The molecule has 1 atom stereocenters. The Morgan fingerprint density at radius 2 is 1.50 bits per heavy atom. The van der Waals surface area contributed by atoms with Gasteiger partial charge in [-0.15, -0.1) is 15.3 Å². The fraction of sp³-hybridized carbons (Fsp3) is 0.833. The lowest BCUT2D eigenvalue weighted by Crippen LogP contribution is -2.39. The van der Waals surface area contributed by atoms with Crippen molar-refractivity contribution in [3.63, 3.8) is 0 Å². The van der Waals surface area contributed by atoms with Crippen LogP contribution in [-0.2, 0) is 17.6 Å². The molecule has 2 heterocycles. The highest BCUT2D eigenvalue weighted by Crippen LogP contribution is 2.29. The van der Waals surface area contributed by atoms with Gasteiger partial charge in [-0.05, 0) is 45.6 Å². The molecule has 0 radical (unpaired) electrons. The third-order valence-corrected chi connectivity index (χ3v) is 8.70. The molecule has 0 aliphatic heterocycles. The molecule has 10 heteroatoms. The number of hydrogen-bond acceptors (Lipinski definition) is 10. The second-order valence-electron chi connectivity index (χ2n) is 9.50. The van der Waals surface area contributed by atoms with Crippen molar-refractivity contribution in [3.8, 4) is 5.19 Å². The Bertz CT molecular complexity index is 820. The van der Waals surface area contributed by atoms with Gasteiger partial charge in [0.15, 0.2) is 6.23 Å². The highest BCUT2D eigenvalue weighted by molar-refractivity contribution is 7.15. The zero-order valence-electron chi connectivity index (χ0n) is 20.5. The first-order chi connectivity index (χ1) is 16.8. The Hall–Kier alpha value is -1.36. The zero-order chi connectivity index (χ0) is 23.4. The van der Waals surface area contributed by atoms with Crippen molar-refractivity contribution in [1.82, 2.24) is 25.7 Å². The van der Waals surface area contributed by atoms with Gasteiger partial charge < -0.3 is 14.8 Å². The summed E-state index contributed by atoms with van der Waals surface area (Å²) in [6.45, 7) is 0.530. The van der Waals surface area contributed by atoms with E-state index in [9.17, 15) is 0 Å². The molecule has 4 rings (SSSR count). The number of hydrogen-bond donors (Lipinski definition) is 2. The van der Waals surface area contributed by atoms with Gasteiger partial charge in [0.25, 0.3) is 5.19 Å². The molecule has 34 heavy (non-hydrogen) atoms. The molecular weight excluding hydrogens is 468 g/mol. The van der Waals surface area contributed by atoms with E-state index in [-0.39, 0.29) is 6.23 Å². The summed E-state index contributed by atoms with van der Waals surface area (Å²) in [5, 5.41) is 27.5. The summed E-state index contributed by atoms with van der Waals surface area (Å²) in [6.07, 6.45) is 18.5. The predicted molar refractivity (Wildman–Crippen MR) is 138 cm³/mol. The molecule has 0 bridgehead atoms. The molecule has 190 valence electrons. The van der Waals surface area contributed by atoms with Crippen molar-refractivity contribution < 1.29 is 9.47 Å². The average Bonchev–Trinajstić information content (AvgIpc) is 3.53. The minimum atomic E-state index is 0.0474. The van der Waals surface area contributed by atoms with Crippen LogP contribution in [0.1, 0.15) is 93.5 Å². The van der Waals surface area contributed by atoms with E-state index < -0.39 is 0 Å². The predicted octanol–water partition coefficient (Wildman–Crippen LogP) is 5.57. The molecule has 0 aromatic carbocycles. The molecule has 2 aromatic heterocycles. The van der Waals surface area contributed by atoms with Gasteiger partial charge in [0.05, 0.1) is 6.10 Å². The minimum absolute atomic E-state index is 0.0474. The lowest BCUT2D eigenvalue weighted by Gasteiger charge is -2.29. The summed E-state index contributed by atoms with van der Waals surface area (Å²) in [5.74, 6) is 0.576. The van der Waals surface area contributed by atoms with E-state index >= 15 is 0 Å². The Kier molecular flexibility index (Phi) is 10.8. The SMILES string of the molecule is CNC(Oc1nnc(CCCCCc2nnc(NCOC3CCCCC3)s2)s1)C1CCCCC1. The molecule has 1 unspecified atom stereocenters. The molecule has 2 fully saturated rings. The smallest absolute Gasteiger partial charge is 0.295 e. The minimum Gasteiger partial charge on any atom is -0.450 e. The number of aromatic nitrogens is 4. The lowest BCUT2D eigenvalue weighted by atomic mass is 9.88. The molecule has 2 aromatic rings. The fourth-order valence-corrected chi connectivity index (χ4v) is 6.46. The van der Waals surface area contributed by atoms with Crippen molar-refractivity contribution >= 4 is 27.8 Å². The quantitative estimate of drug-likeness (QED) is 0.253. The average molecular weight is 509 g/mol. The first-order valence-corrected chi connectivity index (χ1v) is 14.8. The van der Waals surface area contributed by atoms with Crippen LogP contribution >= 0.6 is 22.7 Å². The highest BCUT2D eigenvalue weighted by Gasteiger charge is 2.25. The van der Waals surface area contributed by atoms with E-state index in [1.54, 1.807) is 22.7 Å². The van der Waals surface area contributed by atoms with Crippen molar-refractivity contribution in [2.24, 2.45) is 5.92 Å². The Morgan fingerprint density at radius 1 is 0.824 bits per heavy atom. The standard InChI is InChI=1S/C24H40N6O2S2/c1-25-22(18-11-5-2-6-12-18)32-24-30-28-21(34-24)16-10-4-9-15-20-27-29-23(33-20)26-17-31-19-13-7-3-8-14-19/h18-19,22,25H,2-17H2,1H3,(H,26,29). The Balaban J connectivity index is 1.08. The van der Waals surface area contributed by atoms with Crippen LogP contribution in [0.5, 0.6) is 5.19 Å². The summed E-state index contributed by atoms with van der Waals surface area (Å²) in [6, 6.07) is 0. The number of aryl methyl sites for hydroxylation is 2. The van der Waals surface area contributed by atoms with Crippen LogP contribution in [-0.4, -0.2) is 46.5 Å². The summed E-state index contributed by atoms with van der Waals surface area (Å²) >= 11 is 3.23. The van der Waals surface area contributed by atoms with Gasteiger partial charge >= 0.3 is 0 Å².